The van der Waals surface area contributed by atoms with Crippen LogP contribution in [0.5, 0.6) is 0 Å². The molecule has 1 N–H and O–H groups in total. The Hall–Kier alpha value is -3.56. The quantitative estimate of drug-likeness (QED) is 0.374. The molecule has 0 spiro atoms. The molecule has 1 fully saturated rings. The van der Waals surface area contributed by atoms with E-state index in [0.717, 1.165) is 24.9 Å². The van der Waals surface area contributed by atoms with Gasteiger partial charge in [-0.3, -0.25) is 24.2 Å². The number of nitrogens with one attached hydrogen (secondary N) is 1. The van der Waals surface area contributed by atoms with Crippen molar-refractivity contribution < 1.29 is 19.1 Å². The molecule has 182 valence electrons. The van der Waals surface area contributed by atoms with E-state index >= 15 is 0 Å². The van der Waals surface area contributed by atoms with Gasteiger partial charge in [-0.15, -0.1) is 0 Å². The van der Waals surface area contributed by atoms with E-state index in [1.54, 1.807) is 54.2 Å². The average molecular weight is 496 g/mol. The maximum Gasteiger partial charge on any atom is 0.356 e. The second kappa shape index (κ2) is 11.2. The molecule has 9 nitrogen and oxygen atoms in total. The number of likely N-dealkylation sites (tertiary alicyclic amines) is 1. The number of carbonyl (C=O) groups is 3. The highest BCUT2D eigenvalue weighted by atomic mass is 35.5. The van der Waals surface area contributed by atoms with Crippen LogP contribution in [-0.4, -0.2) is 63.0 Å². The van der Waals surface area contributed by atoms with Crippen molar-refractivity contribution in [3.05, 3.63) is 66.1 Å². The minimum Gasteiger partial charge on any atom is -0.461 e. The Labute approximate surface area is 208 Å². The first kappa shape index (κ1) is 24.6. The van der Waals surface area contributed by atoms with Gasteiger partial charge in [0.05, 0.1) is 24.9 Å². The lowest BCUT2D eigenvalue weighted by Crippen LogP contribution is -2.39. The third-order valence-electron chi connectivity index (χ3n) is 5.73. The molecule has 0 radical (unpaired) electrons. The van der Waals surface area contributed by atoms with Crippen LogP contribution in [0.1, 0.15) is 46.8 Å². The summed E-state index contributed by atoms with van der Waals surface area (Å²) in [5, 5.41) is 7.14. The summed E-state index contributed by atoms with van der Waals surface area (Å²) in [5.74, 6) is -0.749. The molecule has 0 aliphatic carbocycles. The summed E-state index contributed by atoms with van der Waals surface area (Å²) in [6.45, 7) is 3.49. The Morgan fingerprint density at radius 2 is 1.97 bits per heavy atom. The van der Waals surface area contributed by atoms with E-state index < -0.39 is 11.2 Å². The van der Waals surface area contributed by atoms with Crippen LogP contribution in [0.25, 0.3) is 11.3 Å². The zero-order chi connectivity index (χ0) is 24.8. The molecule has 1 saturated heterocycles. The van der Waals surface area contributed by atoms with Crippen molar-refractivity contribution in [1.82, 2.24) is 19.7 Å². The number of benzene rings is 1. The van der Waals surface area contributed by atoms with Crippen LogP contribution in [0.15, 0.2) is 54.7 Å². The molecular weight excluding hydrogens is 470 g/mol. The fourth-order valence-electron chi connectivity index (χ4n) is 4.14. The first-order valence-corrected chi connectivity index (χ1v) is 11.8. The van der Waals surface area contributed by atoms with Crippen LogP contribution >= 0.6 is 11.6 Å². The maximum absolute atomic E-state index is 12.7. The van der Waals surface area contributed by atoms with Gasteiger partial charge in [0.1, 0.15) is 11.4 Å². The minimum absolute atomic E-state index is 0.0927. The van der Waals surface area contributed by atoms with E-state index in [-0.39, 0.29) is 25.1 Å². The standard InChI is InChI=1S/C25H26ClN5O4/c1-2-35-25(34)22-14-21(29-31(22)19-6-5-13-30(15-19)16-23(26)32)17-8-10-18(11-9-17)28-24(33)20-7-3-4-12-27-20/h3-4,7-12,14,19H,2,5-6,13,15-16H2,1H3,(H,28,33). The third kappa shape index (κ3) is 6.12. The van der Waals surface area contributed by atoms with Crippen LogP contribution in [-0.2, 0) is 9.53 Å². The molecule has 3 heterocycles. The van der Waals surface area contributed by atoms with Crippen molar-refractivity contribution in [1.29, 1.82) is 0 Å². The predicted octanol–water partition coefficient (Wildman–Crippen LogP) is 3.78. The van der Waals surface area contributed by atoms with Crippen molar-refractivity contribution in [2.24, 2.45) is 0 Å². The lowest BCUT2D eigenvalue weighted by atomic mass is 10.1. The molecule has 1 unspecified atom stereocenters. The summed E-state index contributed by atoms with van der Waals surface area (Å²) in [6.07, 6.45) is 3.24. The molecule has 1 amide bonds. The van der Waals surface area contributed by atoms with Gasteiger partial charge in [0.15, 0.2) is 0 Å². The topological polar surface area (TPSA) is 106 Å². The number of nitrogens with zero attached hydrogens (tertiary/aromatic N) is 4. The number of hydrogen-bond acceptors (Lipinski definition) is 7. The molecular formula is C25H26ClN5O4. The van der Waals surface area contributed by atoms with Crippen molar-refractivity contribution in [3.8, 4) is 11.3 Å². The largest absolute Gasteiger partial charge is 0.461 e. The zero-order valence-corrected chi connectivity index (χ0v) is 20.1. The van der Waals surface area contributed by atoms with Crippen molar-refractivity contribution in [2.75, 3.05) is 31.6 Å². The Balaban J connectivity index is 1.56. The zero-order valence-electron chi connectivity index (χ0n) is 19.3. The molecule has 2 aromatic heterocycles. The van der Waals surface area contributed by atoms with Crippen molar-refractivity contribution >= 4 is 34.4 Å². The number of hydrogen-bond donors (Lipinski definition) is 1. The van der Waals surface area contributed by atoms with Crippen LogP contribution in [0.3, 0.4) is 0 Å². The van der Waals surface area contributed by atoms with Gasteiger partial charge in [-0.05, 0) is 68.2 Å². The summed E-state index contributed by atoms with van der Waals surface area (Å²) >= 11 is 5.58. The van der Waals surface area contributed by atoms with Crippen LogP contribution < -0.4 is 5.32 Å². The molecule has 3 aromatic rings. The number of pyridine rings is 1. The Kier molecular flexibility index (Phi) is 7.89. The number of rotatable bonds is 8. The fraction of sp³-hybridized carbons (Fsp3) is 0.320. The smallest absolute Gasteiger partial charge is 0.356 e. The van der Waals surface area contributed by atoms with E-state index in [4.69, 9.17) is 21.4 Å². The Bertz CT molecular complexity index is 1200. The monoisotopic (exact) mass is 495 g/mol. The normalized spacial score (nSPS) is 16.0. The molecule has 1 atom stereocenters. The minimum atomic E-state index is -0.448. The molecule has 35 heavy (non-hydrogen) atoms. The predicted molar refractivity (Wildman–Crippen MR) is 131 cm³/mol. The summed E-state index contributed by atoms with van der Waals surface area (Å²) in [5.41, 5.74) is 2.70. The molecule has 4 rings (SSSR count). The van der Waals surface area contributed by atoms with E-state index in [9.17, 15) is 14.4 Å². The van der Waals surface area contributed by atoms with Crippen LogP contribution in [0.4, 0.5) is 5.69 Å². The van der Waals surface area contributed by atoms with Gasteiger partial charge in [-0.1, -0.05) is 18.2 Å². The molecule has 0 bridgehead atoms. The summed E-state index contributed by atoms with van der Waals surface area (Å²) in [6, 6.07) is 14.0. The Morgan fingerprint density at radius 1 is 1.17 bits per heavy atom. The first-order valence-electron chi connectivity index (χ1n) is 11.4. The number of aromatic nitrogens is 3. The first-order chi connectivity index (χ1) is 16.9. The van der Waals surface area contributed by atoms with E-state index in [2.05, 4.69) is 10.3 Å². The van der Waals surface area contributed by atoms with Gasteiger partial charge in [0.25, 0.3) is 5.91 Å². The van der Waals surface area contributed by atoms with E-state index in [0.29, 0.717) is 29.3 Å². The van der Waals surface area contributed by atoms with Crippen molar-refractivity contribution in [2.45, 2.75) is 25.8 Å². The average Bonchev–Trinajstić information content (AvgIpc) is 3.31. The second-order valence-corrected chi connectivity index (χ2v) is 8.63. The molecule has 1 aromatic carbocycles. The van der Waals surface area contributed by atoms with Crippen LogP contribution in [0, 0.1) is 0 Å². The number of esters is 1. The van der Waals surface area contributed by atoms with E-state index in [1.807, 2.05) is 17.0 Å². The second-order valence-electron chi connectivity index (χ2n) is 8.21. The highest BCUT2D eigenvalue weighted by Crippen LogP contribution is 2.28. The summed E-state index contributed by atoms with van der Waals surface area (Å²) in [7, 11) is 0. The van der Waals surface area contributed by atoms with Gasteiger partial charge in [-0.25, -0.2) is 4.79 Å². The molecule has 1 aliphatic rings. The van der Waals surface area contributed by atoms with E-state index in [1.165, 1.54) is 0 Å². The maximum atomic E-state index is 12.7. The van der Waals surface area contributed by atoms with Gasteiger partial charge in [0.2, 0.25) is 5.24 Å². The lowest BCUT2D eigenvalue weighted by Gasteiger charge is -2.32. The number of amides is 1. The van der Waals surface area contributed by atoms with Gasteiger partial charge in [-0.2, -0.15) is 5.10 Å². The van der Waals surface area contributed by atoms with Crippen LogP contribution in [0.2, 0.25) is 0 Å². The highest BCUT2D eigenvalue weighted by Gasteiger charge is 2.28. The lowest BCUT2D eigenvalue weighted by molar-refractivity contribution is -0.113. The SMILES string of the molecule is CCOC(=O)c1cc(-c2ccc(NC(=O)c3ccccn3)cc2)nn1C1CCCN(CC(=O)Cl)C1. The van der Waals surface area contributed by atoms with Gasteiger partial charge < -0.3 is 10.1 Å². The molecule has 1 aliphatic heterocycles. The van der Waals surface area contributed by atoms with Gasteiger partial charge >= 0.3 is 5.97 Å². The number of piperidine rings is 1. The number of halogens is 1. The summed E-state index contributed by atoms with van der Waals surface area (Å²) in [4.78, 5) is 42.4. The van der Waals surface area contributed by atoms with Crippen molar-refractivity contribution in [3.63, 3.8) is 0 Å². The number of anilines is 1. The number of ether oxygens (including phenoxy) is 1. The number of carbonyl (C=O) groups excluding carboxylic acids is 3. The molecule has 10 heteroatoms. The van der Waals surface area contributed by atoms with Gasteiger partial charge in [0, 0.05) is 24.0 Å². The highest BCUT2D eigenvalue weighted by molar-refractivity contribution is 6.64. The molecule has 0 saturated carbocycles. The third-order valence-corrected chi connectivity index (χ3v) is 5.85. The fourth-order valence-corrected chi connectivity index (χ4v) is 4.31. The Morgan fingerprint density at radius 3 is 2.66 bits per heavy atom. The summed E-state index contributed by atoms with van der Waals surface area (Å²) < 4.78 is 6.97.